The van der Waals surface area contributed by atoms with Gasteiger partial charge in [-0.2, -0.15) is 5.10 Å². The Morgan fingerprint density at radius 2 is 2.26 bits per heavy atom. The number of nitrogens with zero attached hydrogens (tertiary/aromatic N) is 3. The molecule has 1 aliphatic rings. The van der Waals surface area contributed by atoms with Crippen molar-refractivity contribution < 1.29 is 9.53 Å². The first-order valence-electron chi connectivity index (χ1n) is 6.80. The fraction of sp³-hybridized carbons (Fsp3) is 0.714. The average molecular weight is 265 g/mol. The van der Waals surface area contributed by atoms with Gasteiger partial charge in [0.2, 0.25) is 0 Å². The number of ether oxygens (including phenoxy) is 1. The third-order valence-electron chi connectivity index (χ3n) is 3.18. The number of carbonyl (C=O) groups excluding carboxylic acids is 1. The number of esters is 1. The molecule has 2 heterocycles. The van der Waals surface area contributed by atoms with Gasteiger partial charge in [-0.25, -0.2) is 0 Å². The lowest BCUT2D eigenvalue weighted by Gasteiger charge is -2.26. The molecule has 0 spiro atoms. The number of likely N-dealkylation sites (tertiary alicyclic amines) is 1. The van der Waals surface area contributed by atoms with Gasteiger partial charge in [0.15, 0.2) is 0 Å². The smallest absolute Gasteiger partial charge is 0.323 e. The Kier molecular flexibility index (Phi) is 3.94. The molecule has 0 saturated carbocycles. The molecule has 1 saturated heterocycles. The second kappa shape index (κ2) is 5.33. The number of aryl methyl sites for hydroxylation is 1. The van der Waals surface area contributed by atoms with Crippen LogP contribution < -0.4 is 0 Å². The molecule has 5 nitrogen and oxygen atoms in total. The van der Waals surface area contributed by atoms with Gasteiger partial charge in [-0.15, -0.1) is 0 Å². The van der Waals surface area contributed by atoms with Crippen LogP contribution in [-0.4, -0.2) is 38.8 Å². The minimum atomic E-state index is -0.420. The normalized spacial score (nSPS) is 20.7. The molecule has 5 heteroatoms. The molecule has 1 aliphatic heterocycles. The Morgan fingerprint density at radius 3 is 2.84 bits per heavy atom. The molecule has 0 N–H and O–H groups in total. The largest absolute Gasteiger partial charge is 0.459 e. The van der Waals surface area contributed by atoms with Crippen LogP contribution in [0.4, 0.5) is 0 Å². The van der Waals surface area contributed by atoms with E-state index in [0.717, 1.165) is 25.1 Å². The lowest BCUT2D eigenvalue weighted by Crippen LogP contribution is -2.40. The van der Waals surface area contributed by atoms with Crippen LogP contribution in [0.1, 0.15) is 39.3 Å². The molecule has 1 aromatic rings. The van der Waals surface area contributed by atoms with E-state index in [4.69, 9.17) is 4.74 Å². The minimum absolute atomic E-state index is 0.110. The maximum Gasteiger partial charge on any atom is 0.323 e. The third kappa shape index (κ3) is 3.80. The summed E-state index contributed by atoms with van der Waals surface area (Å²) in [6.07, 6.45) is 3.84. The molecule has 19 heavy (non-hydrogen) atoms. The van der Waals surface area contributed by atoms with Crippen LogP contribution >= 0.6 is 0 Å². The molecule has 1 fully saturated rings. The van der Waals surface area contributed by atoms with Crippen LogP contribution in [0, 0.1) is 0 Å². The molecule has 0 aromatic carbocycles. The second-order valence-electron chi connectivity index (χ2n) is 6.14. The molecule has 106 valence electrons. The van der Waals surface area contributed by atoms with Crippen LogP contribution in [0.25, 0.3) is 0 Å². The van der Waals surface area contributed by atoms with E-state index in [0.29, 0.717) is 6.54 Å². The molecule has 0 aliphatic carbocycles. The molecule has 1 aromatic heterocycles. The van der Waals surface area contributed by atoms with Gasteiger partial charge in [0.25, 0.3) is 0 Å². The van der Waals surface area contributed by atoms with E-state index in [2.05, 4.69) is 10.00 Å². The van der Waals surface area contributed by atoms with Crippen molar-refractivity contribution in [2.45, 2.75) is 51.8 Å². The SMILES string of the molecule is Cn1ccc(CN2CCC[C@H]2C(=O)OC(C)(C)C)n1. The van der Waals surface area contributed by atoms with Crippen molar-refractivity contribution in [3.05, 3.63) is 18.0 Å². The van der Waals surface area contributed by atoms with Gasteiger partial charge in [-0.1, -0.05) is 0 Å². The Bertz CT molecular complexity index is 448. The van der Waals surface area contributed by atoms with Gasteiger partial charge in [0, 0.05) is 19.8 Å². The van der Waals surface area contributed by atoms with Crippen molar-refractivity contribution >= 4 is 5.97 Å². The zero-order valence-corrected chi connectivity index (χ0v) is 12.2. The maximum atomic E-state index is 12.2. The molecule has 2 rings (SSSR count). The summed E-state index contributed by atoms with van der Waals surface area (Å²) in [7, 11) is 1.90. The quantitative estimate of drug-likeness (QED) is 0.781. The lowest BCUT2D eigenvalue weighted by atomic mass is 10.1. The van der Waals surface area contributed by atoms with Crippen molar-refractivity contribution in [2.24, 2.45) is 7.05 Å². The summed E-state index contributed by atoms with van der Waals surface area (Å²) in [5.41, 5.74) is 0.578. The van der Waals surface area contributed by atoms with Crippen molar-refractivity contribution in [1.82, 2.24) is 14.7 Å². The van der Waals surface area contributed by atoms with Crippen molar-refractivity contribution in [2.75, 3.05) is 6.54 Å². The van der Waals surface area contributed by atoms with E-state index in [1.54, 1.807) is 4.68 Å². The monoisotopic (exact) mass is 265 g/mol. The van der Waals surface area contributed by atoms with E-state index >= 15 is 0 Å². The highest BCUT2D eigenvalue weighted by molar-refractivity contribution is 5.76. The van der Waals surface area contributed by atoms with Gasteiger partial charge < -0.3 is 4.74 Å². The van der Waals surface area contributed by atoms with Gasteiger partial charge >= 0.3 is 5.97 Å². The number of hydrogen-bond acceptors (Lipinski definition) is 4. The van der Waals surface area contributed by atoms with E-state index in [1.165, 1.54) is 0 Å². The first-order valence-corrected chi connectivity index (χ1v) is 6.80. The summed E-state index contributed by atoms with van der Waals surface area (Å²) in [5.74, 6) is -0.110. The van der Waals surface area contributed by atoms with E-state index in [-0.39, 0.29) is 12.0 Å². The number of aromatic nitrogens is 2. The van der Waals surface area contributed by atoms with Crippen LogP contribution in [0.15, 0.2) is 12.3 Å². The summed E-state index contributed by atoms with van der Waals surface area (Å²) in [6.45, 7) is 7.36. The zero-order chi connectivity index (χ0) is 14.0. The Labute approximate surface area is 114 Å². The zero-order valence-electron chi connectivity index (χ0n) is 12.2. The summed E-state index contributed by atoms with van der Waals surface area (Å²) in [5, 5.41) is 4.37. The average Bonchev–Trinajstić information content (AvgIpc) is 2.86. The Morgan fingerprint density at radius 1 is 1.53 bits per heavy atom. The van der Waals surface area contributed by atoms with Crippen molar-refractivity contribution in [3.63, 3.8) is 0 Å². The highest BCUT2D eigenvalue weighted by Crippen LogP contribution is 2.22. The van der Waals surface area contributed by atoms with Gasteiger partial charge in [-0.3, -0.25) is 14.4 Å². The summed E-state index contributed by atoms with van der Waals surface area (Å²) < 4.78 is 7.27. The number of carbonyl (C=O) groups is 1. The Hall–Kier alpha value is -1.36. The number of rotatable bonds is 3. The summed E-state index contributed by atoms with van der Waals surface area (Å²) >= 11 is 0. The molecule has 0 amide bonds. The molecular weight excluding hydrogens is 242 g/mol. The van der Waals surface area contributed by atoms with Crippen molar-refractivity contribution in [3.8, 4) is 0 Å². The number of hydrogen-bond donors (Lipinski definition) is 0. The van der Waals surface area contributed by atoms with Crippen molar-refractivity contribution in [1.29, 1.82) is 0 Å². The minimum Gasteiger partial charge on any atom is -0.459 e. The third-order valence-corrected chi connectivity index (χ3v) is 3.18. The highest BCUT2D eigenvalue weighted by Gasteiger charge is 2.34. The lowest BCUT2D eigenvalue weighted by molar-refractivity contribution is -0.160. The standard InChI is InChI=1S/C14H23N3O2/c1-14(2,3)19-13(18)12-6-5-8-17(12)10-11-7-9-16(4)15-11/h7,9,12H,5-6,8,10H2,1-4H3/t12-/m0/s1. The summed E-state index contributed by atoms with van der Waals surface area (Å²) in [4.78, 5) is 14.3. The van der Waals surface area contributed by atoms with E-state index < -0.39 is 5.60 Å². The van der Waals surface area contributed by atoms with Crippen LogP contribution in [-0.2, 0) is 23.1 Å². The molecule has 0 unspecified atom stereocenters. The van der Waals surface area contributed by atoms with Crippen LogP contribution in [0.3, 0.4) is 0 Å². The van der Waals surface area contributed by atoms with E-state index in [1.807, 2.05) is 40.1 Å². The fourth-order valence-electron chi connectivity index (χ4n) is 2.41. The Balaban J connectivity index is 1.98. The van der Waals surface area contributed by atoms with Gasteiger partial charge in [0.1, 0.15) is 11.6 Å². The second-order valence-corrected chi connectivity index (χ2v) is 6.14. The van der Waals surface area contributed by atoms with Crippen LogP contribution in [0.2, 0.25) is 0 Å². The molecule has 0 radical (unpaired) electrons. The molecular formula is C14H23N3O2. The molecule has 1 atom stereocenters. The van der Waals surface area contributed by atoms with Gasteiger partial charge in [0.05, 0.1) is 5.69 Å². The highest BCUT2D eigenvalue weighted by atomic mass is 16.6. The topological polar surface area (TPSA) is 47.4 Å². The van der Waals surface area contributed by atoms with Crippen LogP contribution in [0.5, 0.6) is 0 Å². The predicted octanol–water partition coefficient (Wildman–Crippen LogP) is 1.73. The first kappa shape index (κ1) is 14.1. The van der Waals surface area contributed by atoms with Gasteiger partial charge in [-0.05, 0) is 46.2 Å². The predicted molar refractivity (Wildman–Crippen MR) is 72.5 cm³/mol. The first-order chi connectivity index (χ1) is 8.85. The summed E-state index contributed by atoms with van der Waals surface area (Å²) in [6, 6.07) is 1.87. The maximum absolute atomic E-state index is 12.2. The fourth-order valence-corrected chi connectivity index (χ4v) is 2.41. The molecule has 0 bridgehead atoms. The van der Waals surface area contributed by atoms with E-state index in [9.17, 15) is 4.79 Å².